The first-order chi connectivity index (χ1) is 12.6. The first kappa shape index (κ1) is 18.3. The van der Waals surface area contributed by atoms with Crippen LogP contribution in [0.25, 0.3) is 10.6 Å². The lowest BCUT2D eigenvalue weighted by molar-refractivity contribution is 0.102. The Morgan fingerprint density at radius 3 is 2.65 bits per heavy atom. The number of rotatable bonds is 6. The molecular weight excluding hydrogens is 342 g/mol. The Morgan fingerprint density at radius 2 is 1.96 bits per heavy atom. The highest BCUT2D eigenvalue weighted by atomic mass is 32.1. The number of thiazole rings is 1. The minimum Gasteiger partial charge on any atom is -0.321 e. The van der Waals surface area contributed by atoms with Gasteiger partial charge in [0.15, 0.2) is 0 Å². The van der Waals surface area contributed by atoms with Gasteiger partial charge in [-0.3, -0.25) is 9.78 Å². The fourth-order valence-corrected chi connectivity index (χ4v) is 3.46. The van der Waals surface area contributed by atoms with Gasteiger partial charge in [0.25, 0.3) is 5.91 Å². The van der Waals surface area contributed by atoms with E-state index in [1.165, 1.54) is 16.9 Å². The van der Waals surface area contributed by atoms with E-state index in [2.05, 4.69) is 42.1 Å². The molecule has 0 fully saturated rings. The molecule has 0 saturated carbocycles. The predicted molar refractivity (Wildman–Crippen MR) is 108 cm³/mol. The maximum Gasteiger partial charge on any atom is 0.275 e. The second-order valence-corrected chi connectivity index (χ2v) is 7.41. The van der Waals surface area contributed by atoms with Gasteiger partial charge in [-0.1, -0.05) is 39.3 Å². The van der Waals surface area contributed by atoms with Crippen molar-refractivity contribution in [1.82, 2.24) is 9.97 Å². The third-order valence-electron chi connectivity index (χ3n) is 4.14. The van der Waals surface area contributed by atoms with Crippen LogP contribution in [0.1, 0.15) is 54.9 Å². The number of nitrogens with zero attached hydrogens (tertiary/aromatic N) is 2. The standard InChI is InChI=1S/C21H23N3OS/c1-4-5-18-12-16(10-11-22-18)21-24-19(13-26-21)20(25)23-17-8-6-15(7-9-17)14(2)3/h6-14H,4-5H2,1-3H3,(H,23,25). The molecular formula is C21H23N3OS. The highest BCUT2D eigenvalue weighted by Gasteiger charge is 2.13. The molecule has 1 amide bonds. The molecule has 5 heteroatoms. The van der Waals surface area contributed by atoms with Crippen molar-refractivity contribution < 1.29 is 4.79 Å². The van der Waals surface area contributed by atoms with E-state index in [1.54, 1.807) is 11.6 Å². The average Bonchev–Trinajstić information content (AvgIpc) is 3.13. The van der Waals surface area contributed by atoms with Gasteiger partial charge in [-0.2, -0.15) is 0 Å². The number of aromatic nitrogens is 2. The van der Waals surface area contributed by atoms with E-state index in [9.17, 15) is 4.79 Å². The SMILES string of the molecule is CCCc1cc(-c2nc(C(=O)Nc3ccc(C(C)C)cc3)cs2)ccn1. The summed E-state index contributed by atoms with van der Waals surface area (Å²) >= 11 is 1.47. The molecule has 0 saturated heterocycles. The van der Waals surface area contributed by atoms with Crippen molar-refractivity contribution in [1.29, 1.82) is 0 Å². The molecule has 0 spiro atoms. The third-order valence-corrected chi connectivity index (χ3v) is 5.03. The molecule has 0 radical (unpaired) electrons. The highest BCUT2D eigenvalue weighted by Crippen LogP contribution is 2.25. The van der Waals surface area contributed by atoms with Crippen LogP contribution in [0.2, 0.25) is 0 Å². The lowest BCUT2D eigenvalue weighted by Crippen LogP contribution is -2.12. The Hall–Kier alpha value is -2.53. The number of aryl methyl sites for hydroxylation is 1. The number of hydrogen-bond acceptors (Lipinski definition) is 4. The van der Waals surface area contributed by atoms with Crippen molar-refractivity contribution in [2.24, 2.45) is 0 Å². The summed E-state index contributed by atoms with van der Waals surface area (Å²) in [5, 5.41) is 5.55. The van der Waals surface area contributed by atoms with Crippen molar-refractivity contribution in [3.05, 3.63) is 64.9 Å². The zero-order valence-electron chi connectivity index (χ0n) is 15.3. The smallest absolute Gasteiger partial charge is 0.275 e. The molecule has 0 unspecified atom stereocenters. The number of hydrogen-bond donors (Lipinski definition) is 1. The molecule has 0 aliphatic heterocycles. The van der Waals surface area contributed by atoms with E-state index in [0.29, 0.717) is 11.6 Å². The van der Waals surface area contributed by atoms with Gasteiger partial charge in [0.1, 0.15) is 10.7 Å². The Morgan fingerprint density at radius 1 is 1.19 bits per heavy atom. The summed E-state index contributed by atoms with van der Waals surface area (Å²) in [5.41, 5.74) is 4.53. The van der Waals surface area contributed by atoms with E-state index in [1.807, 2.05) is 30.3 Å². The van der Waals surface area contributed by atoms with Crippen molar-refractivity contribution >= 4 is 22.9 Å². The molecule has 1 N–H and O–H groups in total. The average molecular weight is 366 g/mol. The normalized spacial score (nSPS) is 10.9. The minimum atomic E-state index is -0.187. The number of pyridine rings is 1. The summed E-state index contributed by atoms with van der Waals surface area (Å²) in [7, 11) is 0. The predicted octanol–water partition coefficient (Wildman–Crippen LogP) is 5.53. The van der Waals surface area contributed by atoms with Gasteiger partial charge in [0.2, 0.25) is 0 Å². The van der Waals surface area contributed by atoms with E-state index < -0.39 is 0 Å². The zero-order chi connectivity index (χ0) is 18.5. The highest BCUT2D eigenvalue weighted by molar-refractivity contribution is 7.13. The van der Waals surface area contributed by atoms with Crippen LogP contribution in [0.15, 0.2) is 48.0 Å². The molecule has 3 rings (SSSR count). The molecule has 2 aromatic heterocycles. The largest absolute Gasteiger partial charge is 0.321 e. The van der Waals surface area contributed by atoms with Crippen molar-refractivity contribution in [3.8, 4) is 10.6 Å². The first-order valence-corrected chi connectivity index (χ1v) is 9.77. The zero-order valence-corrected chi connectivity index (χ0v) is 16.1. The van der Waals surface area contributed by atoms with E-state index in [0.717, 1.165) is 34.8 Å². The van der Waals surface area contributed by atoms with Crippen molar-refractivity contribution in [2.75, 3.05) is 5.32 Å². The molecule has 0 aliphatic carbocycles. The van der Waals surface area contributed by atoms with E-state index >= 15 is 0 Å². The number of amides is 1. The summed E-state index contributed by atoms with van der Waals surface area (Å²) in [6, 6.07) is 11.9. The second kappa shape index (κ2) is 8.23. The Bertz CT molecular complexity index is 884. The van der Waals surface area contributed by atoms with E-state index in [4.69, 9.17) is 0 Å². The van der Waals surface area contributed by atoms with E-state index in [-0.39, 0.29) is 5.91 Å². The summed E-state index contributed by atoms with van der Waals surface area (Å²) in [4.78, 5) is 21.3. The van der Waals surface area contributed by atoms with Crippen LogP contribution in [-0.2, 0) is 6.42 Å². The van der Waals surface area contributed by atoms with Crippen molar-refractivity contribution in [2.45, 2.75) is 39.5 Å². The van der Waals surface area contributed by atoms with Gasteiger partial charge < -0.3 is 5.32 Å². The minimum absolute atomic E-state index is 0.187. The molecule has 134 valence electrons. The topological polar surface area (TPSA) is 54.9 Å². The van der Waals surface area contributed by atoms with Crippen LogP contribution in [0.3, 0.4) is 0 Å². The van der Waals surface area contributed by atoms with Gasteiger partial charge in [0, 0.05) is 28.5 Å². The number of carbonyl (C=O) groups excluding carboxylic acids is 1. The maximum atomic E-state index is 12.5. The summed E-state index contributed by atoms with van der Waals surface area (Å²) in [5.74, 6) is 0.284. The van der Waals surface area contributed by atoms with Crippen LogP contribution in [0.5, 0.6) is 0 Å². The lowest BCUT2D eigenvalue weighted by Gasteiger charge is -2.07. The molecule has 3 aromatic rings. The molecule has 0 bridgehead atoms. The van der Waals surface area contributed by atoms with Crippen molar-refractivity contribution in [3.63, 3.8) is 0 Å². The monoisotopic (exact) mass is 365 g/mol. The molecule has 4 nitrogen and oxygen atoms in total. The Balaban J connectivity index is 1.72. The van der Waals surface area contributed by atoms with Crippen LogP contribution in [-0.4, -0.2) is 15.9 Å². The third kappa shape index (κ3) is 4.35. The van der Waals surface area contributed by atoms with Crippen LogP contribution >= 0.6 is 11.3 Å². The summed E-state index contributed by atoms with van der Waals surface area (Å²) in [6.45, 7) is 6.43. The van der Waals surface area contributed by atoms with Gasteiger partial charge in [-0.15, -0.1) is 11.3 Å². The Labute approximate surface area is 158 Å². The molecule has 1 aromatic carbocycles. The fraction of sp³-hybridized carbons (Fsp3) is 0.286. The van der Waals surface area contributed by atoms with Crippen LogP contribution < -0.4 is 5.32 Å². The van der Waals surface area contributed by atoms with Gasteiger partial charge >= 0.3 is 0 Å². The Kier molecular flexibility index (Phi) is 5.78. The quantitative estimate of drug-likeness (QED) is 0.624. The lowest BCUT2D eigenvalue weighted by atomic mass is 10.0. The molecule has 0 aliphatic rings. The molecule has 0 atom stereocenters. The molecule has 2 heterocycles. The first-order valence-electron chi connectivity index (χ1n) is 8.89. The van der Waals surface area contributed by atoms with Gasteiger partial charge in [0.05, 0.1) is 0 Å². The number of nitrogens with one attached hydrogen (secondary N) is 1. The van der Waals surface area contributed by atoms with Crippen LogP contribution in [0, 0.1) is 0 Å². The van der Waals surface area contributed by atoms with Gasteiger partial charge in [-0.25, -0.2) is 4.98 Å². The summed E-state index contributed by atoms with van der Waals surface area (Å²) in [6.07, 6.45) is 3.80. The number of anilines is 1. The van der Waals surface area contributed by atoms with Crippen LogP contribution in [0.4, 0.5) is 5.69 Å². The van der Waals surface area contributed by atoms with Gasteiger partial charge in [-0.05, 0) is 42.2 Å². The summed E-state index contributed by atoms with van der Waals surface area (Å²) < 4.78 is 0. The number of benzene rings is 1. The maximum absolute atomic E-state index is 12.5. The molecule has 26 heavy (non-hydrogen) atoms. The second-order valence-electron chi connectivity index (χ2n) is 6.55. The fourth-order valence-electron chi connectivity index (χ4n) is 2.66. The number of carbonyl (C=O) groups is 1.